The normalized spacial score (nSPS) is 17.3. The van der Waals surface area contributed by atoms with Gasteiger partial charge in [-0.1, -0.05) is 13.8 Å². The lowest BCUT2D eigenvalue weighted by Crippen LogP contribution is -2.31. The average molecular weight is 453 g/mol. The summed E-state index contributed by atoms with van der Waals surface area (Å²) in [5.74, 6) is 1.68. The van der Waals surface area contributed by atoms with E-state index >= 15 is 0 Å². The van der Waals surface area contributed by atoms with Crippen LogP contribution in [0, 0.1) is 13.8 Å². The van der Waals surface area contributed by atoms with Gasteiger partial charge >= 0.3 is 10.1 Å². The molecule has 1 aromatic heterocycles. The number of benzene rings is 1. The van der Waals surface area contributed by atoms with E-state index in [1.807, 2.05) is 13.8 Å². The molecule has 0 atom stereocenters. The molecule has 0 amide bonds. The van der Waals surface area contributed by atoms with Crippen molar-refractivity contribution in [2.75, 3.05) is 6.26 Å². The highest BCUT2D eigenvalue weighted by molar-refractivity contribution is 7.95. The maximum Gasteiger partial charge on any atom is 0.307 e. The van der Waals surface area contributed by atoms with Gasteiger partial charge in [0.05, 0.1) is 22.9 Å². The fraction of sp³-hybridized carbons (Fsp3) is 0.450. The maximum atomic E-state index is 13.0. The molecule has 0 radical (unpaired) electrons. The zero-order chi connectivity index (χ0) is 22.6. The van der Waals surface area contributed by atoms with Crippen LogP contribution < -0.4 is 4.18 Å². The van der Waals surface area contributed by atoms with Crippen LogP contribution in [0.4, 0.5) is 0 Å². The van der Waals surface area contributed by atoms with Crippen molar-refractivity contribution in [3.05, 3.63) is 33.9 Å². The molecule has 0 bridgehead atoms. The number of hydrogen-bond donors (Lipinski definition) is 0. The number of fused-ring (bicyclic) bond motifs is 1. The minimum atomic E-state index is -3.95. The van der Waals surface area contributed by atoms with Crippen molar-refractivity contribution in [3.8, 4) is 17.0 Å². The Hall–Kier alpha value is -2.42. The molecule has 10 heteroatoms. The standard InChI is InChI=1S/C20H24N2O6S2/c1-7-22-19(28-29(6,24)25)16(10-21-22)15-8-12(2)18-17(13(15)3)20(4,5)9-14(11-23)30(18,26)27/h8,10H,7,9H2,1-6H3. The quantitative estimate of drug-likeness (QED) is 0.518. The summed E-state index contributed by atoms with van der Waals surface area (Å²) in [6, 6.07) is 1.67. The molecule has 1 aliphatic rings. The molecule has 2 heterocycles. The van der Waals surface area contributed by atoms with E-state index in [0.29, 0.717) is 34.4 Å². The van der Waals surface area contributed by atoms with Crippen molar-refractivity contribution in [2.24, 2.45) is 0 Å². The van der Waals surface area contributed by atoms with Gasteiger partial charge in [0.2, 0.25) is 15.7 Å². The van der Waals surface area contributed by atoms with Crippen LogP contribution >= 0.6 is 0 Å². The smallest absolute Gasteiger partial charge is 0.307 e. The van der Waals surface area contributed by atoms with Gasteiger partial charge in [-0.2, -0.15) is 13.5 Å². The molecule has 1 aromatic carbocycles. The van der Waals surface area contributed by atoms with Gasteiger partial charge in [0.1, 0.15) is 10.8 Å². The Morgan fingerprint density at radius 3 is 2.43 bits per heavy atom. The molecule has 162 valence electrons. The molecule has 8 nitrogen and oxygen atoms in total. The van der Waals surface area contributed by atoms with Gasteiger partial charge in [-0.05, 0) is 54.5 Å². The van der Waals surface area contributed by atoms with E-state index in [1.54, 1.807) is 32.8 Å². The zero-order valence-corrected chi connectivity index (χ0v) is 19.4. The number of rotatable bonds is 4. The summed E-state index contributed by atoms with van der Waals surface area (Å²) in [5.41, 5.74) is 2.17. The van der Waals surface area contributed by atoms with Gasteiger partial charge in [-0.3, -0.25) is 0 Å². The first-order valence-corrected chi connectivity index (χ1v) is 12.6. The van der Waals surface area contributed by atoms with Crippen molar-refractivity contribution in [3.63, 3.8) is 0 Å². The second kappa shape index (κ2) is 7.08. The van der Waals surface area contributed by atoms with Crippen molar-refractivity contribution in [1.82, 2.24) is 9.78 Å². The van der Waals surface area contributed by atoms with Gasteiger partial charge in [-0.15, -0.1) is 0 Å². The largest absolute Gasteiger partial charge is 0.361 e. The van der Waals surface area contributed by atoms with Gasteiger partial charge in [-0.25, -0.2) is 17.9 Å². The van der Waals surface area contributed by atoms with Crippen LogP contribution in [0.25, 0.3) is 11.1 Å². The molecule has 1 aliphatic heterocycles. The van der Waals surface area contributed by atoms with Crippen LogP contribution in [0.1, 0.15) is 43.9 Å². The predicted octanol–water partition coefficient (Wildman–Crippen LogP) is 2.70. The maximum absolute atomic E-state index is 13.0. The fourth-order valence-electron chi connectivity index (χ4n) is 4.15. The number of aromatic nitrogens is 2. The Balaban J connectivity index is 2.40. The van der Waals surface area contributed by atoms with Crippen LogP contribution in [-0.4, -0.2) is 38.8 Å². The first kappa shape index (κ1) is 22.3. The summed E-state index contributed by atoms with van der Waals surface area (Å²) in [6.45, 7) is 9.38. The molecule has 2 aromatic rings. The van der Waals surface area contributed by atoms with Crippen LogP contribution in [-0.2, 0) is 36.7 Å². The van der Waals surface area contributed by atoms with E-state index in [4.69, 9.17) is 4.18 Å². The SMILES string of the molecule is CCn1ncc(-c2cc(C)c3c(c2C)C(C)(C)CC(=C=O)S3(=O)=O)c1OS(C)(=O)=O. The number of allylic oxidation sites excluding steroid dienone is 1. The molecule has 3 rings (SSSR count). The summed E-state index contributed by atoms with van der Waals surface area (Å²) in [4.78, 5) is 11.2. The van der Waals surface area contributed by atoms with Crippen LogP contribution in [0.15, 0.2) is 22.1 Å². The third-order valence-corrected chi connectivity index (χ3v) is 7.72. The van der Waals surface area contributed by atoms with Crippen molar-refractivity contribution < 1.29 is 25.8 Å². The molecule has 0 N–H and O–H groups in total. The molecular weight excluding hydrogens is 428 g/mol. The van der Waals surface area contributed by atoms with E-state index in [1.165, 1.54) is 10.9 Å². The lowest BCUT2D eigenvalue weighted by molar-refractivity contribution is 0.450. The second-order valence-electron chi connectivity index (χ2n) is 8.13. The summed E-state index contributed by atoms with van der Waals surface area (Å²) >= 11 is 0. The second-order valence-corrected chi connectivity index (χ2v) is 11.6. The summed E-state index contributed by atoms with van der Waals surface area (Å²) in [5, 5.41) is 4.22. The Bertz CT molecular complexity index is 1310. The summed E-state index contributed by atoms with van der Waals surface area (Å²) in [7, 11) is -7.75. The Morgan fingerprint density at radius 1 is 1.27 bits per heavy atom. The number of sulfone groups is 1. The number of aryl methyl sites for hydroxylation is 2. The summed E-state index contributed by atoms with van der Waals surface area (Å²) in [6.07, 6.45) is 2.51. The Morgan fingerprint density at radius 2 is 1.90 bits per heavy atom. The van der Waals surface area contributed by atoms with E-state index in [2.05, 4.69) is 5.10 Å². The fourth-order valence-corrected chi connectivity index (χ4v) is 6.70. The number of nitrogens with zero attached hydrogens (tertiary/aromatic N) is 2. The number of hydrogen-bond acceptors (Lipinski definition) is 7. The zero-order valence-electron chi connectivity index (χ0n) is 17.7. The molecule has 0 saturated carbocycles. The van der Waals surface area contributed by atoms with Gasteiger partial charge < -0.3 is 4.18 Å². The Labute approximate surface area is 176 Å². The van der Waals surface area contributed by atoms with E-state index in [9.17, 15) is 21.6 Å². The monoisotopic (exact) mass is 452 g/mol. The molecule has 0 spiro atoms. The molecule has 0 fully saturated rings. The topological polar surface area (TPSA) is 112 Å². The first-order valence-electron chi connectivity index (χ1n) is 9.34. The minimum absolute atomic E-state index is 0.0382. The van der Waals surface area contributed by atoms with Crippen LogP contribution in [0.3, 0.4) is 0 Å². The van der Waals surface area contributed by atoms with Crippen molar-refractivity contribution >= 4 is 25.9 Å². The highest BCUT2D eigenvalue weighted by atomic mass is 32.2. The van der Waals surface area contributed by atoms with E-state index in [-0.39, 0.29) is 22.1 Å². The van der Waals surface area contributed by atoms with E-state index < -0.39 is 25.4 Å². The Kier molecular flexibility index (Phi) is 5.25. The van der Waals surface area contributed by atoms with Crippen molar-refractivity contribution in [1.29, 1.82) is 0 Å². The molecule has 0 unspecified atom stereocenters. The van der Waals surface area contributed by atoms with Gasteiger partial charge in [0.15, 0.2) is 0 Å². The van der Waals surface area contributed by atoms with Gasteiger partial charge in [0, 0.05) is 13.0 Å². The highest BCUT2D eigenvalue weighted by Crippen LogP contribution is 2.48. The van der Waals surface area contributed by atoms with Crippen LogP contribution in [0.2, 0.25) is 0 Å². The third kappa shape index (κ3) is 3.49. The first-order chi connectivity index (χ1) is 13.7. The molecule has 0 aliphatic carbocycles. The minimum Gasteiger partial charge on any atom is -0.361 e. The molecule has 30 heavy (non-hydrogen) atoms. The third-order valence-electron chi connectivity index (χ3n) is 5.32. The molecular formula is C20H24N2O6S2. The molecule has 0 saturated heterocycles. The summed E-state index contributed by atoms with van der Waals surface area (Å²) < 4.78 is 56.3. The van der Waals surface area contributed by atoms with Gasteiger partial charge in [0.25, 0.3) is 0 Å². The van der Waals surface area contributed by atoms with Crippen molar-refractivity contribution in [2.45, 2.75) is 57.9 Å². The predicted molar refractivity (Wildman–Crippen MR) is 112 cm³/mol. The van der Waals surface area contributed by atoms with Crippen LogP contribution in [0.5, 0.6) is 5.88 Å². The lowest BCUT2D eigenvalue weighted by Gasteiger charge is -2.35. The number of carbonyl (C=O) groups excluding carboxylic acids is 1. The lowest BCUT2D eigenvalue weighted by atomic mass is 9.76. The van der Waals surface area contributed by atoms with E-state index in [0.717, 1.165) is 6.26 Å². The average Bonchev–Trinajstić information content (AvgIpc) is 3.00. The highest BCUT2D eigenvalue weighted by Gasteiger charge is 2.43.